The second-order valence-corrected chi connectivity index (χ2v) is 8.70. The lowest BCUT2D eigenvalue weighted by Crippen LogP contribution is -2.35. The van der Waals surface area contributed by atoms with Gasteiger partial charge in [0, 0.05) is 12.1 Å². The molecule has 0 aliphatic heterocycles. The Morgan fingerprint density at radius 2 is 1.43 bits per heavy atom. The van der Waals surface area contributed by atoms with Crippen molar-refractivity contribution in [3.8, 4) is 11.5 Å². The van der Waals surface area contributed by atoms with E-state index in [1.807, 2.05) is 0 Å². The lowest BCUT2D eigenvalue weighted by molar-refractivity contribution is -0.395. The van der Waals surface area contributed by atoms with Crippen LogP contribution in [0, 0.1) is 20.2 Å². The molecule has 3 rings (SSSR count). The monoisotopic (exact) mass is 501 g/mol. The van der Waals surface area contributed by atoms with E-state index in [4.69, 9.17) is 13.8 Å². The van der Waals surface area contributed by atoms with Crippen molar-refractivity contribution in [2.24, 2.45) is 0 Å². The van der Waals surface area contributed by atoms with Gasteiger partial charge in [-0.2, -0.15) is 5.09 Å². The van der Waals surface area contributed by atoms with E-state index in [9.17, 15) is 29.6 Å². The maximum Gasteiger partial charge on any atom is 0.514 e. The van der Waals surface area contributed by atoms with Crippen LogP contribution in [0.4, 0.5) is 11.4 Å². The number of nitro groups is 2. The Kier molecular flexibility index (Phi) is 8.13. The maximum atomic E-state index is 13.7. The average molecular weight is 501 g/mol. The first-order valence-corrected chi connectivity index (χ1v) is 11.7. The van der Waals surface area contributed by atoms with Crippen LogP contribution in [-0.4, -0.2) is 21.9 Å². The number of benzene rings is 3. The van der Waals surface area contributed by atoms with Gasteiger partial charge in [0.2, 0.25) is 0 Å². The number of ether oxygens (including phenoxy) is 1. The van der Waals surface area contributed by atoms with Gasteiger partial charge in [-0.05, 0) is 30.7 Å². The molecule has 3 aromatic carbocycles. The number of nitrogens with one attached hydrogen (secondary N) is 1. The molecule has 35 heavy (non-hydrogen) atoms. The highest BCUT2D eigenvalue weighted by molar-refractivity contribution is 7.52. The van der Waals surface area contributed by atoms with E-state index in [2.05, 4.69) is 5.09 Å². The lowest BCUT2D eigenvalue weighted by atomic mass is 10.2. The highest BCUT2D eigenvalue weighted by Gasteiger charge is 2.39. The normalized spacial score (nSPS) is 13.2. The van der Waals surface area contributed by atoms with Crippen LogP contribution < -0.4 is 14.1 Å². The first-order chi connectivity index (χ1) is 16.7. The fourth-order valence-corrected chi connectivity index (χ4v) is 4.40. The van der Waals surface area contributed by atoms with Gasteiger partial charge in [-0.15, -0.1) is 0 Å². The topological polar surface area (TPSA) is 160 Å². The molecule has 1 N–H and O–H groups in total. The molecule has 1 unspecified atom stereocenters. The van der Waals surface area contributed by atoms with Gasteiger partial charge in [-0.1, -0.05) is 48.5 Å². The highest BCUT2D eigenvalue weighted by Crippen LogP contribution is 2.50. The van der Waals surface area contributed by atoms with Gasteiger partial charge in [0.1, 0.15) is 18.4 Å². The number of esters is 1. The standard InChI is InChI=1S/C22H20N3O9P/c1-16(22(26)32-15-17-9-4-2-5-10-17)23-35(31,33-18-11-6-3-7-12-18)34-21-19(24(27)28)13-8-14-20(21)25(29)30/h2-14,16H,15H2,1H3,(H,23,31)/t16-,35?/m0/s1. The van der Waals surface area contributed by atoms with Gasteiger partial charge in [-0.25, -0.2) is 4.57 Å². The lowest BCUT2D eigenvalue weighted by Gasteiger charge is -2.22. The van der Waals surface area contributed by atoms with Crippen molar-refractivity contribution in [3.63, 3.8) is 0 Å². The van der Waals surface area contributed by atoms with Gasteiger partial charge >= 0.3 is 25.1 Å². The van der Waals surface area contributed by atoms with Gasteiger partial charge < -0.3 is 13.8 Å². The van der Waals surface area contributed by atoms with Gasteiger partial charge in [0.15, 0.2) is 0 Å². The number of carbonyl (C=O) groups excluding carboxylic acids is 1. The molecule has 0 fully saturated rings. The molecule has 0 aliphatic carbocycles. The van der Waals surface area contributed by atoms with Crippen molar-refractivity contribution in [2.45, 2.75) is 19.6 Å². The quantitative estimate of drug-likeness (QED) is 0.167. The molecule has 182 valence electrons. The summed E-state index contributed by atoms with van der Waals surface area (Å²) in [7, 11) is -4.66. The molecule has 0 aromatic heterocycles. The molecule has 0 radical (unpaired) electrons. The zero-order valence-electron chi connectivity index (χ0n) is 18.3. The van der Waals surface area contributed by atoms with E-state index in [1.165, 1.54) is 19.1 Å². The number of hydrogen-bond donors (Lipinski definition) is 1. The molecule has 0 amide bonds. The number of para-hydroxylation sites is 2. The van der Waals surface area contributed by atoms with Crippen LogP contribution in [0.15, 0.2) is 78.9 Å². The molecular weight excluding hydrogens is 481 g/mol. The molecule has 0 saturated heterocycles. The van der Waals surface area contributed by atoms with Crippen molar-refractivity contribution in [1.82, 2.24) is 5.09 Å². The van der Waals surface area contributed by atoms with Crippen LogP contribution in [0.2, 0.25) is 0 Å². The third-order valence-electron chi connectivity index (χ3n) is 4.48. The minimum atomic E-state index is -4.66. The Morgan fingerprint density at radius 1 is 0.886 bits per heavy atom. The van der Waals surface area contributed by atoms with E-state index >= 15 is 0 Å². The summed E-state index contributed by atoms with van der Waals surface area (Å²) in [6.07, 6.45) is 0. The molecule has 0 bridgehead atoms. The zero-order valence-corrected chi connectivity index (χ0v) is 19.2. The Morgan fingerprint density at radius 3 is 1.97 bits per heavy atom. The van der Waals surface area contributed by atoms with Crippen LogP contribution in [0.5, 0.6) is 11.5 Å². The minimum Gasteiger partial charge on any atom is -0.460 e. The number of nitrogens with zero attached hydrogens (tertiary/aromatic N) is 2. The van der Waals surface area contributed by atoms with E-state index < -0.39 is 46.7 Å². The third kappa shape index (κ3) is 6.85. The van der Waals surface area contributed by atoms with Crippen LogP contribution in [0.25, 0.3) is 0 Å². The Labute approximate surface area is 199 Å². The molecule has 0 heterocycles. The minimum absolute atomic E-state index is 0.0226. The Hall–Kier alpha value is -4.28. The van der Waals surface area contributed by atoms with Gasteiger partial charge in [0.25, 0.3) is 5.75 Å². The molecule has 0 spiro atoms. The van der Waals surface area contributed by atoms with Gasteiger partial charge in [0.05, 0.1) is 9.85 Å². The van der Waals surface area contributed by atoms with Crippen molar-refractivity contribution >= 4 is 25.1 Å². The average Bonchev–Trinajstić information content (AvgIpc) is 2.83. The summed E-state index contributed by atoms with van der Waals surface area (Å²) in [6.45, 7) is 1.25. The predicted molar refractivity (Wildman–Crippen MR) is 124 cm³/mol. The van der Waals surface area contributed by atoms with Crippen LogP contribution in [-0.2, 0) is 20.7 Å². The van der Waals surface area contributed by atoms with Crippen molar-refractivity contribution in [2.75, 3.05) is 0 Å². The molecule has 2 atom stereocenters. The summed E-state index contributed by atoms with van der Waals surface area (Å²) in [5, 5.41) is 25.3. The first kappa shape index (κ1) is 25.3. The van der Waals surface area contributed by atoms with E-state index in [1.54, 1.807) is 48.5 Å². The van der Waals surface area contributed by atoms with Crippen molar-refractivity contribution in [3.05, 3.63) is 105 Å². The summed E-state index contributed by atoms with van der Waals surface area (Å²) in [5.74, 6) is -1.69. The van der Waals surface area contributed by atoms with Crippen LogP contribution in [0.3, 0.4) is 0 Å². The maximum absolute atomic E-state index is 13.7. The summed E-state index contributed by atoms with van der Waals surface area (Å²) in [4.78, 5) is 33.6. The fourth-order valence-electron chi connectivity index (χ4n) is 2.85. The summed E-state index contributed by atoms with van der Waals surface area (Å²) < 4.78 is 29.6. The predicted octanol–water partition coefficient (Wildman–Crippen LogP) is 4.79. The van der Waals surface area contributed by atoms with E-state index in [0.717, 1.165) is 18.2 Å². The van der Waals surface area contributed by atoms with Crippen molar-refractivity contribution in [1.29, 1.82) is 0 Å². The van der Waals surface area contributed by atoms with E-state index in [-0.39, 0.29) is 12.4 Å². The number of rotatable bonds is 11. The first-order valence-electron chi connectivity index (χ1n) is 10.1. The molecule has 13 heteroatoms. The summed E-state index contributed by atoms with van der Waals surface area (Å²) in [5.41, 5.74) is -0.905. The molecular formula is C22H20N3O9P. The molecule has 0 saturated carbocycles. The molecule has 3 aromatic rings. The van der Waals surface area contributed by atoms with E-state index in [0.29, 0.717) is 5.56 Å². The number of hydrogen-bond acceptors (Lipinski definition) is 9. The van der Waals surface area contributed by atoms with Crippen LogP contribution >= 0.6 is 7.75 Å². The van der Waals surface area contributed by atoms with Crippen LogP contribution in [0.1, 0.15) is 12.5 Å². The number of carbonyl (C=O) groups is 1. The molecule has 0 aliphatic rings. The Bertz CT molecular complexity index is 1220. The largest absolute Gasteiger partial charge is 0.514 e. The summed E-state index contributed by atoms with van der Waals surface area (Å²) >= 11 is 0. The Balaban J connectivity index is 1.89. The number of nitro benzene ring substituents is 2. The molecule has 12 nitrogen and oxygen atoms in total. The smallest absolute Gasteiger partial charge is 0.460 e. The highest BCUT2D eigenvalue weighted by atomic mass is 31.2. The fraction of sp³-hybridized carbons (Fsp3) is 0.136. The third-order valence-corrected chi connectivity index (χ3v) is 6.05. The second-order valence-electron chi connectivity index (χ2n) is 7.08. The zero-order chi connectivity index (χ0) is 25.4. The SMILES string of the molecule is C[C@H](NP(=O)(Oc1ccccc1)Oc1c([N+](=O)[O-])cccc1[N+](=O)[O-])C(=O)OCc1ccccc1. The second kappa shape index (κ2) is 11.2. The van der Waals surface area contributed by atoms with Gasteiger partial charge in [-0.3, -0.25) is 25.0 Å². The summed E-state index contributed by atoms with van der Waals surface area (Å²) in [6, 6.07) is 18.1. The van der Waals surface area contributed by atoms with Crippen molar-refractivity contribution < 1.29 is 33.0 Å².